The Kier molecular flexibility index (Phi) is 4.82. The highest BCUT2D eigenvalue weighted by Crippen LogP contribution is 2.32. The average Bonchev–Trinajstić information content (AvgIpc) is 2.96. The Hall–Kier alpha value is -2.33. The predicted molar refractivity (Wildman–Crippen MR) is 101 cm³/mol. The van der Waals surface area contributed by atoms with Gasteiger partial charge in [0.1, 0.15) is 0 Å². The third kappa shape index (κ3) is 3.40. The van der Waals surface area contributed by atoms with Crippen molar-refractivity contribution in [3.8, 4) is 0 Å². The number of benzene rings is 2. The van der Waals surface area contributed by atoms with Crippen LogP contribution in [0.15, 0.2) is 36.4 Å². The number of nitrogens with zero attached hydrogens (tertiary/aromatic N) is 1. The maximum absolute atomic E-state index is 12.6. The zero-order valence-electron chi connectivity index (χ0n) is 14.6. The molecule has 1 aliphatic rings. The maximum Gasteiger partial charge on any atom is 0.229 e. The molecule has 2 aromatic carbocycles. The second-order valence-electron chi connectivity index (χ2n) is 6.53. The molecule has 5 heteroatoms. The molecule has 2 amide bonds. The van der Waals surface area contributed by atoms with Crippen LogP contribution in [0.2, 0.25) is 5.02 Å². The van der Waals surface area contributed by atoms with Gasteiger partial charge in [-0.05, 0) is 55.7 Å². The lowest BCUT2D eigenvalue weighted by Crippen LogP contribution is -2.28. The van der Waals surface area contributed by atoms with Gasteiger partial charge < -0.3 is 10.2 Å². The van der Waals surface area contributed by atoms with Gasteiger partial charge >= 0.3 is 0 Å². The highest BCUT2D eigenvalue weighted by Gasteiger charge is 2.36. The monoisotopic (exact) mass is 356 g/mol. The van der Waals surface area contributed by atoms with Crippen LogP contribution in [0, 0.1) is 26.7 Å². The Morgan fingerprint density at radius 2 is 1.84 bits per heavy atom. The van der Waals surface area contributed by atoms with Gasteiger partial charge in [-0.3, -0.25) is 9.59 Å². The molecule has 0 radical (unpaired) electrons. The molecule has 1 heterocycles. The maximum atomic E-state index is 12.6. The molecule has 1 aliphatic heterocycles. The van der Waals surface area contributed by atoms with Crippen molar-refractivity contribution in [2.75, 3.05) is 16.8 Å². The molecule has 0 spiro atoms. The van der Waals surface area contributed by atoms with E-state index < -0.39 is 0 Å². The van der Waals surface area contributed by atoms with E-state index in [2.05, 4.69) is 5.32 Å². The molecule has 0 saturated carbocycles. The topological polar surface area (TPSA) is 49.4 Å². The quantitative estimate of drug-likeness (QED) is 0.893. The molecule has 1 saturated heterocycles. The Morgan fingerprint density at radius 3 is 2.60 bits per heavy atom. The summed E-state index contributed by atoms with van der Waals surface area (Å²) in [5, 5.41) is 3.59. The van der Waals surface area contributed by atoms with Gasteiger partial charge in [0.25, 0.3) is 0 Å². The molecule has 25 heavy (non-hydrogen) atoms. The summed E-state index contributed by atoms with van der Waals surface area (Å²) >= 11 is 6.16. The van der Waals surface area contributed by atoms with Gasteiger partial charge in [0.05, 0.1) is 5.92 Å². The predicted octanol–water partition coefficient (Wildman–Crippen LogP) is 4.26. The number of aryl methyl sites for hydroxylation is 1. The Balaban J connectivity index is 1.77. The highest BCUT2D eigenvalue weighted by molar-refractivity contribution is 6.31. The normalized spacial score (nSPS) is 17.0. The highest BCUT2D eigenvalue weighted by atomic mass is 35.5. The first-order valence-corrected chi connectivity index (χ1v) is 8.69. The van der Waals surface area contributed by atoms with Gasteiger partial charge in [0.2, 0.25) is 11.8 Å². The van der Waals surface area contributed by atoms with Crippen molar-refractivity contribution in [1.82, 2.24) is 0 Å². The lowest BCUT2D eigenvalue weighted by atomic mass is 10.1. The number of rotatable bonds is 3. The van der Waals surface area contributed by atoms with Gasteiger partial charge in [0, 0.05) is 29.4 Å². The third-order valence-corrected chi connectivity index (χ3v) is 5.30. The molecular formula is C20H21ClN2O2. The van der Waals surface area contributed by atoms with Crippen LogP contribution in [0.3, 0.4) is 0 Å². The molecule has 2 aromatic rings. The number of hydrogen-bond donors (Lipinski definition) is 1. The minimum Gasteiger partial charge on any atom is -0.326 e. The van der Waals surface area contributed by atoms with E-state index in [1.165, 1.54) is 0 Å². The van der Waals surface area contributed by atoms with Crippen molar-refractivity contribution in [3.05, 3.63) is 58.1 Å². The Morgan fingerprint density at radius 1 is 1.12 bits per heavy atom. The minimum absolute atomic E-state index is 0.0496. The van der Waals surface area contributed by atoms with Crippen molar-refractivity contribution in [3.63, 3.8) is 0 Å². The van der Waals surface area contributed by atoms with Gasteiger partial charge in [-0.1, -0.05) is 29.8 Å². The molecule has 4 nitrogen and oxygen atoms in total. The summed E-state index contributed by atoms with van der Waals surface area (Å²) in [6, 6.07) is 11.3. The lowest BCUT2D eigenvalue weighted by molar-refractivity contribution is -0.122. The van der Waals surface area contributed by atoms with E-state index in [9.17, 15) is 9.59 Å². The third-order valence-electron chi connectivity index (χ3n) is 4.89. The second kappa shape index (κ2) is 6.89. The molecule has 1 N–H and O–H groups in total. The molecule has 1 atom stereocenters. The first-order valence-electron chi connectivity index (χ1n) is 8.31. The summed E-state index contributed by atoms with van der Waals surface area (Å²) in [5.41, 5.74) is 4.60. The Labute approximate surface area is 152 Å². The first kappa shape index (κ1) is 17.5. The minimum atomic E-state index is -0.370. The zero-order valence-corrected chi connectivity index (χ0v) is 15.4. The number of halogens is 1. The van der Waals surface area contributed by atoms with Gasteiger partial charge in [-0.2, -0.15) is 0 Å². The number of carbonyl (C=O) groups excluding carboxylic acids is 2. The zero-order chi connectivity index (χ0) is 18.1. The van der Waals surface area contributed by atoms with Crippen LogP contribution in [-0.2, 0) is 9.59 Å². The smallest absolute Gasteiger partial charge is 0.229 e. The number of hydrogen-bond acceptors (Lipinski definition) is 2. The summed E-state index contributed by atoms with van der Waals surface area (Å²) in [4.78, 5) is 26.7. The molecule has 1 unspecified atom stereocenters. The van der Waals surface area contributed by atoms with E-state index in [-0.39, 0.29) is 24.2 Å². The fourth-order valence-corrected chi connectivity index (χ4v) is 3.30. The van der Waals surface area contributed by atoms with Gasteiger partial charge in [-0.25, -0.2) is 0 Å². The summed E-state index contributed by atoms with van der Waals surface area (Å²) in [6.45, 7) is 6.24. The Bertz CT molecular complexity index is 848. The largest absolute Gasteiger partial charge is 0.326 e. The van der Waals surface area contributed by atoms with Crippen molar-refractivity contribution in [2.24, 2.45) is 5.92 Å². The fourth-order valence-electron chi connectivity index (χ4n) is 3.13. The standard InChI is InChI=1S/C20H21ClN2O2/c1-12-6-4-8-17(13(12)2)22-20(25)15-10-19(24)23(11-15)18-9-5-7-16(21)14(18)3/h4-9,15H,10-11H2,1-3H3,(H,22,25). The number of nitrogens with one attached hydrogen (secondary N) is 1. The van der Waals surface area contributed by atoms with Crippen LogP contribution in [0.4, 0.5) is 11.4 Å². The summed E-state index contributed by atoms with van der Waals surface area (Å²) in [5.74, 6) is -0.540. The number of amides is 2. The van der Waals surface area contributed by atoms with Crippen molar-refractivity contribution >= 4 is 34.8 Å². The lowest BCUT2D eigenvalue weighted by Gasteiger charge is -2.20. The molecule has 0 aliphatic carbocycles. The van der Waals surface area contributed by atoms with E-state index >= 15 is 0 Å². The SMILES string of the molecule is Cc1cccc(NC(=O)C2CC(=O)N(c3cccc(Cl)c3C)C2)c1C. The van der Waals surface area contributed by atoms with Crippen molar-refractivity contribution < 1.29 is 9.59 Å². The van der Waals surface area contributed by atoms with Crippen LogP contribution in [0.5, 0.6) is 0 Å². The van der Waals surface area contributed by atoms with E-state index in [1.54, 1.807) is 11.0 Å². The van der Waals surface area contributed by atoms with E-state index in [1.807, 2.05) is 51.1 Å². The first-order chi connectivity index (χ1) is 11.9. The van der Waals surface area contributed by atoms with E-state index in [4.69, 9.17) is 11.6 Å². The van der Waals surface area contributed by atoms with Crippen LogP contribution >= 0.6 is 11.6 Å². The molecule has 0 aromatic heterocycles. The van der Waals surface area contributed by atoms with Crippen LogP contribution in [-0.4, -0.2) is 18.4 Å². The fraction of sp³-hybridized carbons (Fsp3) is 0.300. The van der Waals surface area contributed by atoms with Crippen LogP contribution < -0.4 is 10.2 Å². The summed E-state index contributed by atoms with van der Waals surface area (Å²) in [7, 11) is 0. The molecule has 1 fully saturated rings. The van der Waals surface area contributed by atoms with Crippen LogP contribution in [0.25, 0.3) is 0 Å². The molecule has 130 valence electrons. The van der Waals surface area contributed by atoms with E-state index in [0.717, 1.165) is 28.1 Å². The van der Waals surface area contributed by atoms with Gasteiger partial charge in [-0.15, -0.1) is 0 Å². The summed E-state index contributed by atoms with van der Waals surface area (Å²) in [6.07, 6.45) is 0.211. The van der Waals surface area contributed by atoms with Crippen LogP contribution in [0.1, 0.15) is 23.1 Å². The van der Waals surface area contributed by atoms with Crippen molar-refractivity contribution in [1.29, 1.82) is 0 Å². The van der Waals surface area contributed by atoms with Crippen molar-refractivity contribution in [2.45, 2.75) is 27.2 Å². The average molecular weight is 357 g/mol. The number of anilines is 2. The number of carbonyl (C=O) groups is 2. The second-order valence-corrected chi connectivity index (χ2v) is 6.93. The molecule has 3 rings (SSSR count). The van der Waals surface area contributed by atoms with E-state index in [0.29, 0.717) is 11.6 Å². The summed E-state index contributed by atoms with van der Waals surface area (Å²) < 4.78 is 0. The molecular weight excluding hydrogens is 336 g/mol. The van der Waals surface area contributed by atoms with Gasteiger partial charge in [0.15, 0.2) is 0 Å². The molecule has 0 bridgehead atoms.